The van der Waals surface area contributed by atoms with Crippen LogP contribution in [-0.2, 0) is 27.9 Å². The molecule has 26 heavy (non-hydrogen) atoms. The van der Waals surface area contributed by atoms with Gasteiger partial charge in [-0.15, -0.1) is 0 Å². The van der Waals surface area contributed by atoms with Crippen LogP contribution in [-0.4, -0.2) is 15.9 Å². The second kappa shape index (κ2) is 7.46. The summed E-state index contributed by atoms with van der Waals surface area (Å²) in [5.74, 6) is -1.16. The molecule has 2 aromatic rings. The molecule has 2 atom stereocenters. The van der Waals surface area contributed by atoms with Gasteiger partial charge in [-0.1, -0.05) is 6.07 Å². The molecule has 0 bridgehead atoms. The van der Waals surface area contributed by atoms with Crippen LogP contribution in [0.1, 0.15) is 28.9 Å². The molecule has 0 aliphatic carbocycles. The third kappa shape index (κ3) is 3.73. The molecule has 0 unspecified atom stereocenters. The van der Waals surface area contributed by atoms with Crippen LogP contribution in [0.15, 0.2) is 30.3 Å². The van der Waals surface area contributed by atoms with Crippen LogP contribution in [0.4, 0.5) is 14.5 Å². The highest BCUT2D eigenvalue weighted by atomic mass is 32.2. The number of hydrogen-bond acceptors (Lipinski definition) is 5. The number of nitrogens with zero attached hydrogens (tertiary/aromatic N) is 1. The third-order valence-corrected chi connectivity index (χ3v) is 5.71. The Labute approximate surface area is 150 Å². The average Bonchev–Trinajstić information content (AvgIpc) is 2.61. The normalized spacial score (nSPS) is 15.7. The lowest BCUT2D eigenvalue weighted by Gasteiger charge is -2.21. The van der Waals surface area contributed by atoms with Crippen molar-refractivity contribution in [2.45, 2.75) is 24.5 Å². The summed E-state index contributed by atoms with van der Waals surface area (Å²) in [5, 5.41) is 10.4. The Hall–Kier alpha value is -2.39. The second-order valence-corrected chi connectivity index (χ2v) is 7.55. The largest absolute Gasteiger partial charge is 0.467 e. The van der Waals surface area contributed by atoms with Gasteiger partial charge in [0.15, 0.2) is 6.79 Å². The van der Waals surface area contributed by atoms with E-state index >= 15 is 0 Å². The van der Waals surface area contributed by atoms with Gasteiger partial charge in [0.25, 0.3) is 5.69 Å². The number of non-ortho nitro benzene ring substituents is 1. The van der Waals surface area contributed by atoms with Crippen LogP contribution >= 0.6 is 0 Å². The fourth-order valence-corrected chi connectivity index (χ4v) is 3.99. The van der Waals surface area contributed by atoms with Crippen LogP contribution in [0, 0.1) is 21.7 Å². The van der Waals surface area contributed by atoms with Gasteiger partial charge in [-0.2, -0.15) is 0 Å². The predicted molar refractivity (Wildman–Crippen MR) is 90.0 cm³/mol. The number of nitro groups is 1. The van der Waals surface area contributed by atoms with Crippen molar-refractivity contribution in [3.63, 3.8) is 0 Å². The standard InChI is InChI=1S/C17H15F2NO5S/c1-10(15-3-2-13(18)6-16(15)19)26(23)8-12-5-14(20(21)22)4-11-7-24-9-25-17(11)12/h2-6,10H,7-9H2,1H3/t10-,26-/m1/s1. The van der Waals surface area contributed by atoms with Crippen LogP contribution in [0.5, 0.6) is 5.75 Å². The van der Waals surface area contributed by atoms with E-state index < -0.39 is 32.6 Å². The van der Waals surface area contributed by atoms with E-state index in [-0.39, 0.29) is 30.4 Å². The van der Waals surface area contributed by atoms with E-state index in [1.54, 1.807) is 6.92 Å². The molecule has 1 heterocycles. The summed E-state index contributed by atoms with van der Waals surface area (Å²) in [7, 11) is -1.61. The Morgan fingerprint density at radius 2 is 2.08 bits per heavy atom. The lowest BCUT2D eigenvalue weighted by atomic mass is 10.1. The molecule has 0 fully saturated rings. The maximum absolute atomic E-state index is 13.9. The number of ether oxygens (including phenoxy) is 2. The van der Waals surface area contributed by atoms with Gasteiger partial charge in [-0.05, 0) is 13.0 Å². The van der Waals surface area contributed by atoms with Crippen molar-refractivity contribution < 1.29 is 27.4 Å². The van der Waals surface area contributed by atoms with E-state index in [4.69, 9.17) is 9.47 Å². The molecule has 9 heteroatoms. The molecule has 0 aromatic heterocycles. The van der Waals surface area contributed by atoms with Gasteiger partial charge in [-0.25, -0.2) is 8.78 Å². The zero-order valence-corrected chi connectivity index (χ0v) is 14.6. The molecule has 0 saturated carbocycles. The number of rotatable bonds is 5. The summed E-state index contributed by atoms with van der Waals surface area (Å²) in [4.78, 5) is 10.6. The van der Waals surface area contributed by atoms with Gasteiger partial charge in [0.05, 0.1) is 22.5 Å². The minimum atomic E-state index is -1.61. The van der Waals surface area contributed by atoms with E-state index in [2.05, 4.69) is 0 Å². The Morgan fingerprint density at radius 1 is 1.31 bits per heavy atom. The van der Waals surface area contributed by atoms with Gasteiger partial charge in [-0.3, -0.25) is 14.3 Å². The molecular weight excluding hydrogens is 368 g/mol. The van der Waals surface area contributed by atoms with Crippen molar-refractivity contribution in [2.75, 3.05) is 6.79 Å². The Kier molecular flexibility index (Phi) is 5.28. The summed E-state index contributed by atoms with van der Waals surface area (Å²) in [6, 6.07) is 5.74. The molecule has 0 spiro atoms. The molecular formula is C17H15F2NO5S. The van der Waals surface area contributed by atoms with Gasteiger partial charge in [0.2, 0.25) is 0 Å². The highest BCUT2D eigenvalue weighted by Gasteiger charge is 2.25. The molecule has 1 aliphatic heterocycles. The fourth-order valence-electron chi connectivity index (χ4n) is 2.74. The zero-order valence-electron chi connectivity index (χ0n) is 13.7. The molecule has 6 nitrogen and oxygen atoms in total. The van der Waals surface area contributed by atoms with E-state index in [1.807, 2.05) is 0 Å². The summed E-state index contributed by atoms with van der Waals surface area (Å²) in [6.45, 7) is 1.70. The number of fused-ring (bicyclic) bond motifs is 1. The van der Waals surface area contributed by atoms with Crippen LogP contribution < -0.4 is 4.74 Å². The summed E-state index contributed by atoms with van der Waals surface area (Å²) in [5.41, 5.74) is 0.849. The summed E-state index contributed by atoms with van der Waals surface area (Å²) >= 11 is 0. The topological polar surface area (TPSA) is 78.7 Å². The maximum atomic E-state index is 13.9. The number of halogens is 2. The van der Waals surface area contributed by atoms with Crippen LogP contribution in [0.25, 0.3) is 0 Å². The molecule has 138 valence electrons. The SMILES string of the molecule is C[C@H](c1ccc(F)cc1F)[S@](=O)Cc1cc([N+](=O)[O-])cc2c1OCOC2. The molecule has 3 rings (SSSR count). The lowest BCUT2D eigenvalue weighted by molar-refractivity contribution is -0.385. The third-order valence-electron chi connectivity index (χ3n) is 4.08. The second-order valence-electron chi connectivity index (χ2n) is 5.79. The van der Waals surface area contributed by atoms with Gasteiger partial charge in [0.1, 0.15) is 17.4 Å². The first-order valence-corrected chi connectivity index (χ1v) is 9.08. The number of hydrogen-bond donors (Lipinski definition) is 0. The lowest BCUT2D eigenvalue weighted by Crippen LogP contribution is -2.15. The van der Waals surface area contributed by atoms with Crippen molar-refractivity contribution in [1.82, 2.24) is 0 Å². The van der Waals surface area contributed by atoms with Gasteiger partial charge in [0, 0.05) is 45.7 Å². The van der Waals surface area contributed by atoms with Crippen LogP contribution in [0.2, 0.25) is 0 Å². The number of benzene rings is 2. The first-order valence-electron chi connectivity index (χ1n) is 7.69. The van der Waals surface area contributed by atoms with Crippen molar-refractivity contribution in [3.05, 3.63) is 68.8 Å². The maximum Gasteiger partial charge on any atom is 0.270 e. The van der Waals surface area contributed by atoms with Gasteiger partial charge >= 0.3 is 0 Å². The molecule has 0 saturated heterocycles. The fraction of sp³-hybridized carbons (Fsp3) is 0.294. The van der Waals surface area contributed by atoms with Crippen molar-refractivity contribution >= 4 is 16.5 Å². The van der Waals surface area contributed by atoms with E-state index in [9.17, 15) is 23.1 Å². The van der Waals surface area contributed by atoms with Crippen molar-refractivity contribution in [1.29, 1.82) is 0 Å². The molecule has 0 N–H and O–H groups in total. The predicted octanol–water partition coefficient (Wildman–Crippen LogP) is 3.75. The van der Waals surface area contributed by atoms with Crippen molar-refractivity contribution in [3.8, 4) is 5.75 Å². The monoisotopic (exact) mass is 383 g/mol. The minimum Gasteiger partial charge on any atom is -0.467 e. The minimum absolute atomic E-state index is 0.00735. The molecule has 0 radical (unpaired) electrons. The smallest absolute Gasteiger partial charge is 0.270 e. The Morgan fingerprint density at radius 3 is 2.77 bits per heavy atom. The molecule has 1 aliphatic rings. The van der Waals surface area contributed by atoms with Gasteiger partial charge < -0.3 is 9.47 Å². The number of nitro benzene ring substituents is 1. The summed E-state index contributed by atoms with van der Waals surface area (Å²) < 4.78 is 50.2. The highest BCUT2D eigenvalue weighted by molar-refractivity contribution is 7.84. The molecule has 0 amide bonds. The molecule has 2 aromatic carbocycles. The van der Waals surface area contributed by atoms with Crippen LogP contribution in [0.3, 0.4) is 0 Å². The summed E-state index contributed by atoms with van der Waals surface area (Å²) in [6.07, 6.45) is 0. The Bertz CT molecular complexity index is 890. The average molecular weight is 383 g/mol. The first-order chi connectivity index (χ1) is 12.4. The van der Waals surface area contributed by atoms with Crippen molar-refractivity contribution in [2.24, 2.45) is 0 Å². The Balaban J connectivity index is 1.91. The van der Waals surface area contributed by atoms with E-state index in [1.165, 1.54) is 18.2 Å². The quantitative estimate of drug-likeness (QED) is 0.580. The van der Waals surface area contributed by atoms with E-state index in [0.29, 0.717) is 16.9 Å². The zero-order chi connectivity index (χ0) is 18.8. The van der Waals surface area contributed by atoms with E-state index in [0.717, 1.165) is 12.1 Å². The highest BCUT2D eigenvalue weighted by Crippen LogP contribution is 2.35. The first kappa shape index (κ1) is 18.4.